The smallest absolute Gasteiger partial charge is 0.155 e. The van der Waals surface area contributed by atoms with Gasteiger partial charge in [0.15, 0.2) is 5.82 Å². The van der Waals surface area contributed by atoms with Crippen molar-refractivity contribution in [1.29, 1.82) is 0 Å². The van der Waals surface area contributed by atoms with Crippen LogP contribution in [0.1, 0.15) is 57.8 Å². The number of hydrogen-bond acceptors (Lipinski definition) is 3. The molecule has 1 unspecified atom stereocenters. The van der Waals surface area contributed by atoms with Gasteiger partial charge in [-0.1, -0.05) is 31.4 Å². The molecule has 0 spiro atoms. The van der Waals surface area contributed by atoms with Crippen LogP contribution in [0.15, 0.2) is 45.7 Å². The fourth-order valence-electron chi connectivity index (χ4n) is 4.17. The number of allylic oxidation sites excluding steroid dienone is 4. The van der Waals surface area contributed by atoms with Crippen molar-refractivity contribution in [2.24, 2.45) is 16.1 Å². The van der Waals surface area contributed by atoms with Crippen LogP contribution < -0.4 is 0 Å². The van der Waals surface area contributed by atoms with Gasteiger partial charge in [0, 0.05) is 5.70 Å². The number of nitrogens with zero attached hydrogens (tertiary/aromatic N) is 3. The molecule has 0 radical (unpaired) electrons. The molecule has 0 aromatic rings. The SMILES string of the molecule is C1=CC(C2CCCCC2)N2C(=C1)N=NC1=C2CCCC1. The van der Waals surface area contributed by atoms with Crippen LogP contribution in [0.4, 0.5) is 0 Å². The van der Waals surface area contributed by atoms with Crippen molar-refractivity contribution in [3.05, 3.63) is 35.4 Å². The van der Waals surface area contributed by atoms with E-state index in [2.05, 4.69) is 33.4 Å². The van der Waals surface area contributed by atoms with Gasteiger partial charge in [0.05, 0.1) is 11.7 Å². The van der Waals surface area contributed by atoms with Gasteiger partial charge in [0.2, 0.25) is 0 Å². The maximum atomic E-state index is 4.48. The minimum atomic E-state index is 0.526. The van der Waals surface area contributed by atoms with Crippen molar-refractivity contribution in [2.75, 3.05) is 0 Å². The summed E-state index contributed by atoms with van der Waals surface area (Å²) >= 11 is 0. The van der Waals surface area contributed by atoms with Crippen LogP contribution in [-0.4, -0.2) is 10.9 Å². The Morgan fingerprint density at radius 3 is 2.70 bits per heavy atom. The van der Waals surface area contributed by atoms with Crippen molar-refractivity contribution >= 4 is 0 Å². The minimum absolute atomic E-state index is 0.526. The van der Waals surface area contributed by atoms with E-state index >= 15 is 0 Å². The Bertz CT molecular complexity index is 506. The van der Waals surface area contributed by atoms with Crippen molar-refractivity contribution in [1.82, 2.24) is 4.90 Å². The second-order valence-corrected chi connectivity index (χ2v) is 6.47. The molecular weight excluding hydrogens is 246 g/mol. The van der Waals surface area contributed by atoms with Crippen LogP contribution in [0.2, 0.25) is 0 Å². The lowest BCUT2D eigenvalue weighted by molar-refractivity contribution is 0.200. The van der Waals surface area contributed by atoms with Crippen LogP contribution in [0.25, 0.3) is 0 Å². The zero-order valence-corrected chi connectivity index (χ0v) is 12.1. The predicted octanol–water partition coefficient (Wildman–Crippen LogP) is 4.90. The lowest BCUT2D eigenvalue weighted by Crippen LogP contribution is -2.41. The second-order valence-electron chi connectivity index (χ2n) is 6.47. The molecule has 4 aliphatic rings. The summed E-state index contributed by atoms with van der Waals surface area (Å²) in [6, 6.07) is 0.526. The minimum Gasteiger partial charge on any atom is -0.320 e. The summed E-state index contributed by atoms with van der Waals surface area (Å²) in [6.07, 6.45) is 18.6. The Labute approximate surface area is 121 Å². The second kappa shape index (κ2) is 5.19. The first-order chi connectivity index (χ1) is 9.93. The molecule has 0 bridgehead atoms. The molecule has 3 nitrogen and oxygen atoms in total. The van der Waals surface area contributed by atoms with Crippen molar-refractivity contribution in [3.8, 4) is 0 Å². The Morgan fingerprint density at radius 2 is 1.80 bits per heavy atom. The first-order valence-corrected chi connectivity index (χ1v) is 8.25. The molecule has 1 fully saturated rings. The molecule has 4 rings (SSSR count). The highest BCUT2D eigenvalue weighted by Crippen LogP contribution is 2.41. The van der Waals surface area contributed by atoms with E-state index in [4.69, 9.17) is 0 Å². The third kappa shape index (κ3) is 2.04. The third-order valence-electron chi connectivity index (χ3n) is 5.21. The number of hydrogen-bond donors (Lipinski definition) is 0. The number of rotatable bonds is 1. The molecule has 3 heteroatoms. The van der Waals surface area contributed by atoms with Gasteiger partial charge in [-0.25, -0.2) is 0 Å². The van der Waals surface area contributed by atoms with Crippen LogP contribution in [-0.2, 0) is 0 Å². The Hall–Kier alpha value is -1.38. The van der Waals surface area contributed by atoms with Gasteiger partial charge in [-0.3, -0.25) is 0 Å². The molecule has 0 aromatic carbocycles. The summed E-state index contributed by atoms with van der Waals surface area (Å²) in [6.45, 7) is 0. The van der Waals surface area contributed by atoms with E-state index in [9.17, 15) is 0 Å². The maximum absolute atomic E-state index is 4.48. The number of azo groups is 1. The topological polar surface area (TPSA) is 28.0 Å². The van der Waals surface area contributed by atoms with E-state index in [-0.39, 0.29) is 0 Å². The lowest BCUT2D eigenvalue weighted by atomic mass is 9.81. The van der Waals surface area contributed by atoms with Gasteiger partial charge in [0.1, 0.15) is 0 Å². The molecule has 0 N–H and O–H groups in total. The summed E-state index contributed by atoms with van der Waals surface area (Å²) in [4.78, 5) is 2.53. The van der Waals surface area contributed by atoms with E-state index in [0.717, 1.165) is 18.2 Å². The van der Waals surface area contributed by atoms with Crippen molar-refractivity contribution < 1.29 is 0 Å². The summed E-state index contributed by atoms with van der Waals surface area (Å²) < 4.78 is 0. The zero-order chi connectivity index (χ0) is 13.4. The van der Waals surface area contributed by atoms with Gasteiger partial charge < -0.3 is 4.90 Å². The monoisotopic (exact) mass is 269 g/mol. The highest BCUT2D eigenvalue weighted by molar-refractivity contribution is 5.31. The van der Waals surface area contributed by atoms with E-state index in [1.807, 2.05) is 0 Å². The highest BCUT2D eigenvalue weighted by atomic mass is 15.4. The van der Waals surface area contributed by atoms with E-state index in [0.29, 0.717) is 6.04 Å². The quantitative estimate of drug-likeness (QED) is 0.665. The molecule has 0 saturated heterocycles. The van der Waals surface area contributed by atoms with Crippen LogP contribution in [0.3, 0.4) is 0 Å². The Morgan fingerprint density at radius 1 is 0.950 bits per heavy atom. The zero-order valence-electron chi connectivity index (χ0n) is 12.1. The van der Waals surface area contributed by atoms with Gasteiger partial charge >= 0.3 is 0 Å². The molecule has 0 amide bonds. The van der Waals surface area contributed by atoms with Gasteiger partial charge in [-0.2, -0.15) is 5.11 Å². The first-order valence-electron chi connectivity index (χ1n) is 8.25. The average molecular weight is 269 g/mol. The molecule has 2 aliphatic heterocycles. The highest BCUT2D eigenvalue weighted by Gasteiger charge is 2.35. The Kier molecular flexibility index (Phi) is 3.21. The van der Waals surface area contributed by atoms with E-state index in [1.165, 1.54) is 62.8 Å². The van der Waals surface area contributed by atoms with Gasteiger partial charge in [0.25, 0.3) is 0 Å². The molecule has 1 atom stereocenters. The average Bonchev–Trinajstić information content (AvgIpc) is 2.55. The molecule has 2 heterocycles. The fourth-order valence-corrected chi connectivity index (χ4v) is 4.17. The molecule has 106 valence electrons. The van der Waals surface area contributed by atoms with Crippen LogP contribution in [0, 0.1) is 5.92 Å². The van der Waals surface area contributed by atoms with Crippen molar-refractivity contribution in [3.63, 3.8) is 0 Å². The normalized spacial score (nSPS) is 30.1. The summed E-state index contributed by atoms with van der Waals surface area (Å²) in [5.74, 6) is 1.87. The van der Waals surface area contributed by atoms with E-state index in [1.54, 1.807) is 0 Å². The summed E-state index contributed by atoms with van der Waals surface area (Å²) in [5.41, 5.74) is 2.72. The maximum Gasteiger partial charge on any atom is 0.155 e. The molecule has 2 aliphatic carbocycles. The molecular formula is C17H23N3. The third-order valence-corrected chi connectivity index (χ3v) is 5.21. The first kappa shape index (κ1) is 12.4. The molecule has 20 heavy (non-hydrogen) atoms. The summed E-state index contributed by atoms with van der Waals surface area (Å²) in [5, 5.41) is 8.96. The predicted molar refractivity (Wildman–Crippen MR) is 79.8 cm³/mol. The van der Waals surface area contributed by atoms with Crippen LogP contribution in [0.5, 0.6) is 0 Å². The molecule has 1 saturated carbocycles. The van der Waals surface area contributed by atoms with Gasteiger partial charge in [-0.05, 0) is 50.5 Å². The summed E-state index contributed by atoms with van der Waals surface area (Å²) in [7, 11) is 0. The van der Waals surface area contributed by atoms with Gasteiger partial charge in [-0.15, -0.1) is 5.11 Å². The molecule has 0 aromatic heterocycles. The van der Waals surface area contributed by atoms with Crippen LogP contribution >= 0.6 is 0 Å². The Balaban J connectivity index is 1.67. The largest absolute Gasteiger partial charge is 0.320 e. The van der Waals surface area contributed by atoms with Crippen molar-refractivity contribution in [2.45, 2.75) is 63.8 Å². The lowest BCUT2D eigenvalue weighted by Gasteiger charge is -2.43. The fraction of sp³-hybridized carbons (Fsp3) is 0.647. The van der Waals surface area contributed by atoms with E-state index < -0.39 is 0 Å². The standard InChI is InChI=1S/C17H23N3/c1-2-7-13(8-3-1)15-11-6-12-17-19-18-14-9-4-5-10-16(14)20(15)17/h6,11-13,15H,1-5,7-10H2. The number of fused-ring (bicyclic) bond motifs is 2.